The first kappa shape index (κ1) is 20.5. The van der Waals surface area contributed by atoms with Crippen molar-refractivity contribution in [2.24, 2.45) is 0 Å². The highest BCUT2D eigenvalue weighted by Gasteiger charge is 2.44. The van der Waals surface area contributed by atoms with E-state index in [0.717, 1.165) is 24.1 Å². The Hall–Kier alpha value is -1.78. The number of halogens is 1. The monoisotopic (exact) mass is 453 g/mol. The molecule has 29 heavy (non-hydrogen) atoms. The van der Waals surface area contributed by atoms with Crippen LogP contribution < -0.4 is 0 Å². The van der Waals surface area contributed by atoms with Gasteiger partial charge in [-0.15, -0.1) is 11.3 Å². The fourth-order valence-electron chi connectivity index (χ4n) is 3.66. The molecular formula is C19H20ClN3O4S2. The molecule has 0 spiro atoms. The van der Waals surface area contributed by atoms with Gasteiger partial charge >= 0.3 is 0 Å². The van der Waals surface area contributed by atoms with E-state index in [-0.39, 0.29) is 10.7 Å². The molecule has 0 aliphatic carbocycles. The number of hydrogen-bond donors (Lipinski definition) is 0. The molecule has 2 aromatic heterocycles. The minimum atomic E-state index is -3.65. The topological polar surface area (TPSA) is 85.5 Å². The number of ether oxygens (including phenoxy) is 1. The van der Waals surface area contributed by atoms with Crippen LogP contribution in [0.25, 0.3) is 0 Å². The van der Waals surface area contributed by atoms with Gasteiger partial charge in [-0.2, -0.15) is 9.29 Å². The van der Waals surface area contributed by atoms with Crippen LogP contribution in [0.1, 0.15) is 35.5 Å². The molecule has 1 unspecified atom stereocenters. The van der Waals surface area contributed by atoms with Crippen molar-refractivity contribution in [2.45, 2.75) is 29.8 Å². The molecule has 10 heteroatoms. The number of nitrogens with zero attached hydrogens (tertiary/aromatic N) is 3. The highest BCUT2D eigenvalue weighted by atomic mass is 35.5. The van der Waals surface area contributed by atoms with Gasteiger partial charge in [0.2, 0.25) is 22.2 Å². The molecule has 1 fully saturated rings. The Morgan fingerprint density at radius 2 is 2.03 bits per heavy atom. The first-order valence-electron chi connectivity index (χ1n) is 9.16. The Morgan fingerprint density at radius 1 is 1.24 bits per heavy atom. The summed E-state index contributed by atoms with van der Waals surface area (Å²) in [4.78, 5) is 5.13. The van der Waals surface area contributed by atoms with E-state index in [1.165, 1.54) is 35.2 Å². The third-order valence-corrected chi connectivity index (χ3v) is 8.32. The molecule has 0 saturated carbocycles. The molecule has 1 aliphatic heterocycles. The van der Waals surface area contributed by atoms with Crippen LogP contribution in [0.5, 0.6) is 0 Å². The fourth-order valence-corrected chi connectivity index (χ4v) is 6.36. The third kappa shape index (κ3) is 3.51. The number of sulfonamides is 1. The van der Waals surface area contributed by atoms with Gasteiger partial charge < -0.3 is 9.26 Å². The van der Waals surface area contributed by atoms with Gasteiger partial charge in [0, 0.05) is 35.7 Å². The van der Waals surface area contributed by atoms with Crippen molar-refractivity contribution >= 4 is 33.0 Å². The van der Waals surface area contributed by atoms with Crippen LogP contribution in [0.15, 0.2) is 51.5 Å². The summed E-state index contributed by atoms with van der Waals surface area (Å²) in [5.41, 5.74) is -0.838. The van der Waals surface area contributed by atoms with Crippen molar-refractivity contribution in [1.29, 1.82) is 0 Å². The number of piperidine rings is 1. The maximum atomic E-state index is 13.2. The first-order valence-corrected chi connectivity index (χ1v) is 11.9. The largest absolute Gasteiger partial charge is 0.360 e. The van der Waals surface area contributed by atoms with Crippen LogP contribution in [-0.4, -0.2) is 43.1 Å². The van der Waals surface area contributed by atoms with Crippen molar-refractivity contribution in [3.63, 3.8) is 0 Å². The SMILES string of the molecule is COC(c1ncon1)(c1cccs1)c1cc(S(=O)(=O)N2CCCCC2)ccc1Cl. The van der Waals surface area contributed by atoms with E-state index in [0.29, 0.717) is 23.7 Å². The van der Waals surface area contributed by atoms with Gasteiger partial charge in [0.25, 0.3) is 0 Å². The zero-order valence-corrected chi connectivity index (χ0v) is 18.1. The lowest BCUT2D eigenvalue weighted by molar-refractivity contribution is 0.0517. The molecule has 0 radical (unpaired) electrons. The van der Waals surface area contributed by atoms with Gasteiger partial charge in [0.1, 0.15) is 0 Å². The Morgan fingerprint density at radius 3 is 2.66 bits per heavy atom. The summed E-state index contributed by atoms with van der Waals surface area (Å²) < 4.78 is 38.9. The van der Waals surface area contributed by atoms with Gasteiger partial charge in [0.15, 0.2) is 5.60 Å². The number of thiophene rings is 1. The van der Waals surface area contributed by atoms with Gasteiger partial charge in [-0.3, -0.25) is 0 Å². The van der Waals surface area contributed by atoms with Crippen molar-refractivity contribution in [2.75, 3.05) is 20.2 Å². The highest BCUT2D eigenvalue weighted by molar-refractivity contribution is 7.89. The molecule has 4 rings (SSSR count). The molecule has 1 aliphatic rings. The zero-order valence-electron chi connectivity index (χ0n) is 15.7. The summed E-state index contributed by atoms with van der Waals surface area (Å²) >= 11 is 7.99. The van der Waals surface area contributed by atoms with E-state index in [1.807, 2.05) is 17.5 Å². The van der Waals surface area contributed by atoms with E-state index < -0.39 is 15.6 Å². The fraction of sp³-hybridized carbons (Fsp3) is 0.368. The van der Waals surface area contributed by atoms with E-state index in [1.54, 1.807) is 12.1 Å². The van der Waals surface area contributed by atoms with Gasteiger partial charge in [-0.05, 0) is 42.5 Å². The quantitative estimate of drug-likeness (QED) is 0.562. The van der Waals surface area contributed by atoms with Crippen LogP contribution >= 0.6 is 22.9 Å². The first-order chi connectivity index (χ1) is 14.0. The van der Waals surface area contributed by atoms with E-state index >= 15 is 0 Å². The summed E-state index contributed by atoms with van der Waals surface area (Å²) in [7, 11) is -2.14. The third-order valence-electron chi connectivity index (χ3n) is 5.12. The molecule has 0 amide bonds. The summed E-state index contributed by atoms with van der Waals surface area (Å²) in [5, 5.41) is 6.24. The van der Waals surface area contributed by atoms with E-state index in [4.69, 9.17) is 20.9 Å². The van der Waals surface area contributed by atoms with E-state index in [2.05, 4.69) is 10.1 Å². The summed E-state index contributed by atoms with van der Waals surface area (Å²) in [5.74, 6) is 0.247. The normalized spacial score (nSPS) is 17.9. The maximum Gasteiger partial charge on any atom is 0.243 e. The maximum absolute atomic E-state index is 13.2. The van der Waals surface area contributed by atoms with Crippen LogP contribution in [-0.2, 0) is 20.4 Å². The van der Waals surface area contributed by atoms with Gasteiger partial charge in [0.05, 0.1) is 4.90 Å². The molecular weight excluding hydrogens is 434 g/mol. The molecule has 3 aromatic rings. The average Bonchev–Trinajstić information content (AvgIpc) is 3.46. The van der Waals surface area contributed by atoms with Gasteiger partial charge in [-0.1, -0.05) is 29.2 Å². The summed E-state index contributed by atoms with van der Waals surface area (Å²) in [6.45, 7) is 1.04. The molecule has 154 valence electrons. The molecule has 7 nitrogen and oxygen atoms in total. The lowest BCUT2D eigenvalue weighted by Gasteiger charge is -2.31. The van der Waals surface area contributed by atoms with Crippen LogP contribution in [0.4, 0.5) is 0 Å². The number of methoxy groups -OCH3 is 1. The predicted octanol–water partition coefficient (Wildman–Crippen LogP) is 3.90. The Labute approximate surface area is 178 Å². The Bertz CT molecular complexity index is 1030. The molecule has 1 saturated heterocycles. The molecule has 0 N–H and O–H groups in total. The highest BCUT2D eigenvalue weighted by Crippen LogP contribution is 2.44. The molecule has 3 heterocycles. The number of aromatic nitrogens is 2. The van der Waals surface area contributed by atoms with E-state index in [9.17, 15) is 8.42 Å². The Kier molecular flexibility index (Phi) is 5.76. The van der Waals surface area contributed by atoms with Crippen LogP contribution in [0.3, 0.4) is 0 Å². The van der Waals surface area contributed by atoms with Crippen molar-refractivity contribution < 1.29 is 17.7 Å². The lowest BCUT2D eigenvalue weighted by atomic mass is 9.90. The van der Waals surface area contributed by atoms with Crippen LogP contribution in [0.2, 0.25) is 5.02 Å². The molecule has 0 bridgehead atoms. The second-order valence-corrected chi connectivity index (χ2v) is 10.0. The molecule has 1 atom stereocenters. The molecule has 1 aromatic carbocycles. The Balaban J connectivity index is 1.90. The summed E-state index contributed by atoms with van der Waals surface area (Å²) in [6.07, 6.45) is 3.97. The minimum absolute atomic E-state index is 0.167. The number of benzene rings is 1. The lowest BCUT2D eigenvalue weighted by Crippen LogP contribution is -2.36. The summed E-state index contributed by atoms with van der Waals surface area (Å²) in [6, 6.07) is 8.41. The van der Waals surface area contributed by atoms with Crippen molar-refractivity contribution in [3.8, 4) is 0 Å². The minimum Gasteiger partial charge on any atom is -0.360 e. The number of hydrogen-bond acceptors (Lipinski definition) is 7. The second kappa shape index (κ2) is 8.16. The van der Waals surface area contributed by atoms with Crippen molar-refractivity contribution in [3.05, 3.63) is 63.4 Å². The number of rotatable bonds is 6. The van der Waals surface area contributed by atoms with Crippen molar-refractivity contribution in [1.82, 2.24) is 14.4 Å². The standard InChI is InChI=1S/C19H20ClN3O4S2/c1-26-19(17-6-5-11-28-17,18-21-13-27-22-18)15-12-14(7-8-16(15)20)29(24,25)23-9-3-2-4-10-23/h5-8,11-13H,2-4,9-10H2,1H3. The van der Waals surface area contributed by atoms with Crippen LogP contribution in [0, 0.1) is 0 Å². The zero-order chi connectivity index (χ0) is 20.5. The predicted molar refractivity (Wildman–Crippen MR) is 110 cm³/mol. The second-order valence-electron chi connectivity index (χ2n) is 6.72. The average molecular weight is 454 g/mol. The van der Waals surface area contributed by atoms with Gasteiger partial charge in [-0.25, -0.2) is 8.42 Å². The smallest absolute Gasteiger partial charge is 0.243 e.